The number of para-hydroxylation sites is 6. The summed E-state index contributed by atoms with van der Waals surface area (Å²) in [6.45, 7) is 0. The van der Waals surface area contributed by atoms with E-state index in [1.807, 2.05) is 0 Å². The molecular weight excluding hydrogens is 865 g/mol. The fourth-order valence-corrected chi connectivity index (χ4v) is 9.80. The van der Waals surface area contributed by atoms with Gasteiger partial charge in [0.05, 0.1) is 5.69 Å². The van der Waals surface area contributed by atoms with Gasteiger partial charge in [0.2, 0.25) is 0 Å². The van der Waals surface area contributed by atoms with E-state index in [-0.39, 0.29) is 0 Å². The molecule has 0 spiro atoms. The van der Waals surface area contributed by atoms with E-state index in [2.05, 4.69) is 311 Å². The van der Waals surface area contributed by atoms with Crippen LogP contribution < -0.4 is 19.6 Å². The number of fused-ring (bicyclic) bond motifs is 3. The molecule has 5 nitrogen and oxygen atoms in total. The van der Waals surface area contributed by atoms with Gasteiger partial charge in [-0.1, -0.05) is 140 Å². The summed E-state index contributed by atoms with van der Waals surface area (Å²) >= 11 is 0. The lowest BCUT2D eigenvalue weighted by Crippen LogP contribution is -2.13. The SMILES string of the molecule is c1ccc(-c2c(N(c3ccccc3)c3ccc(N(c4ccccc4)c4ccccc4)cc3)ccc3oc4ccc(N(c5ccccc5)c5ccc(N(c6ccccc6)c6ccccc6)cc5)cc4c23)cc1. The summed E-state index contributed by atoms with van der Waals surface area (Å²) in [5.74, 6) is 0. The largest absolute Gasteiger partial charge is 0.456 e. The van der Waals surface area contributed by atoms with Crippen LogP contribution in [0.25, 0.3) is 33.1 Å². The van der Waals surface area contributed by atoms with Crippen molar-refractivity contribution in [2.45, 2.75) is 0 Å². The minimum atomic E-state index is 0.820. The highest BCUT2D eigenvalue weighted by Crippen LogP contribution is 2.49. The summed E-state index contributed by atoms with van der Waals surface area (Å²) in [7, 11) is 0. The zero-order chi connectivity index (χ0) is 47.3. The first kappa shape index (κ1) is 42.8. The van der Waals surface area contributed by atoms with Crippen LogP contribution in [0.5, 0.6) is 0 Å². The van der Waals surface area contributed by atoms with Gasteiger partial charge in [0, 0.05) is 78.9 Å². The van der Waals surface area contributed by atoms with E-state index in [1.165, 1.54) is 0 Å². The van der Waals surface area contributed by atoms with Crippen LogP contribution in [-0.2, 0) is 0 Å². The third-order valence-electron chi connectivity index (χ3n) is 13.0. The first-order valence-electron chi connectivity index (χ1n) is 24.0. The van der Waals surface area contributed by atoms with Gasteiger partial charge in [-0.3, -0.25) is 0 Å². The molecule has 0 saturated heterocycles. The maximum Gasteiger partial charge on any atom is 0.136 e. The Balaban J connectivity index is 1.01. The molecule has 0 saturated carbocycles. The fourth-order valence-electron chi connectivity index (χ4n) is 9.80. The average Bonchev–Trinajstić information content (AvgIpc) is 3.82. The van der Waals surface area contributed by atoms with Gasteiger partial charge >= 0.3 is 0 Å². The van der Waals surface area contributed by atoms with Crippen molar-refractivity contribution in [3.8, 4) is 11.1 Å². The fraction of sp³-hybridized carbons (Fsp3) is 0. The Hall–Kier alpha value is -9.58. The first-order valence-corrected chi connectivity index (χ1v) is 24.0. The highest BCUT2D eigenvalue weighted by Gasteiger charge is 2.25. The second-order valence-electron chi connectivity index (χ2n) is 17.4. The summed E-state index contributed by atoms with van der Waals surface area (Å²) in [6, 6.07) is 103. The van der Waals surface area contributed by atoms with E-state index < -0.39 is 0 Å². The van der Waals surface area contributed by atoms with Crippen LogP contribution >= 0.6 is 0 Å². The lowest BCUT2D eigenvalue weighted by molar-refractivity contribution is 0.669. The number of nitrogens with zero attached hydrogens (tertiary/aromatic N) is 4. The predicted octanol–water partition coefficient (Wildman–Crippen LogP) is 19.1. The van der Waals surface area contributed by atoms with Crippen LogP contribution in [0.4, 0.5) is 68.2 Å². The Kier molecular flexibility index (Phi) is 11.6. The monoisotopic (exact) mass is 912 g/mol. The Morgan fingerprint density at radius 1 is 0.225 bits per heavy atom. The van der Waals surface area contributed by atoms with Crippen molar-refractivity contribution in [3.63, 3.8) is 0 Å². The van der Waals surface area contributed by atoms with Crippen LogP contribution in [0.3, 0.4) is 0 Å². The van der Waals surface area contributed by atoms with E-state index in [1.54, 1.807) is 0 Å². The molecule has 0 N–H and O–H groups in total. The Labute approximate surface area is 414 Å². The van der Waals surface area contributed by atoms with E-state index in [0.717, 1.165) is 101 Å². The molecule has 338 valence electrons. The highest BCUT2D eigenvalue weighted by molar-refractivity contribution is 6.17. The van der Waals surface area contributed by atoms with Crippen LogP contribution in [0, 0.1) is 0 Å². The van der Waals surface area contributed by atoms with Gasteiger partial charge in [-0.25, -0.2) is 0 Å². The lowest BCUT2D eigenvalue weighted by atomic mass is 9.96. The van der Waals surface area contributed by atoms with Crippen molar-refractivity contribution in [1.29, 1.82) is 0 Å². The number of anilines is 12. The summed E-state index contributed by atoms with van der Waals surface area (Å²) in [4.78, 5) is 9.29. The van der Waals surface area contributed by atoms with E-state index in [9.17, 15) is 0 Å². The molecule has 1 aromatic heterocycles. The molecule has 0 aliphatic heterocycles. The van der Waals surface area contributed by atoms with Crippen LogP contribution in [0.15, 0.2) is 296 Å². The first-order chi connectivity index (χ1) is 35.2. The zero-order valence-electron chi connectivity index (χ0n) is 38.9. The number of furan rings is 1. The van der Waals surface area contributed by atoms with E-state index in [4.69, 9.17) is 4.42 Å². The highest BCUT2D eigenvalue weighted by atomic mass is 16.3. The van der Waals surface area contributed by atoms with E-state index in [0.29, 0.717) is 0 Å². The summed E-state index contributed by atoms with van der Waals surface area (Å²) in [6.07, 6.45) is 0. The topological polar surface area (TPSA) is 26.1 Å². The normalized spacial score (nSPS) is 11.1. The third-order valence-corrected chi connectivity index (χ3v) is 13.0. The third kappa shape index (κ3) is 8.43. The quantitative estimate of drug-likeness (QED) is 0.115. The van der Waals surface area contributed by atoms with E-state index >= 15 is 0 Å². The van der Waals surface area contributed by atoms with Gasteiger partial charge in [0.15, 0.2) is 0 Å². The molecule has 5 heteroatoms. The van der Waals surface area contributed by atoms with Gasteiger partial charge in [-0.2, -0.15) is 0 Å². The number of hydrogen-bond donors (Lipinski definition) is 0. The molecule has 0 atom stereocenters. The molecule has 71 heavy (non-hydrogen) atoms. The van der Waals surface area contributed by atoms with Crippen molar-refractivity contribution in [3.05, 3.63) is 291 Å². The van der Waals surface area contributed by atoms with Crippen LogP contribution in [0.2, 0.25) is 0 Å². The maximum absolute atomic E-state index is 6.81. The maximum atomic E-state index is 6.81. The molecule has 1 heterocycles. The minimum absolute atomic E-state index is 0.820. The number of rotatable bonds is 13. The van der Waals surface area contributed by atoms with Crippen LogP contribution in [-0.4, -0.2) is 0 Å². The van der Waals surface area contributed by atoms with Crippen molar-refractivity contribution >= 4 is 90.2 Å². The average molecular weight is 913 g/mol. The molecule has 12 aromatic rings. The molecule has 0 amide bonds. The lowest BCUT2D eigenvalue weighted by Gasteiger charge is -2.30. The number of benzene rings is 11. The summed E-state index contributed by atoms with van der Waals surface area (Å²) in [5.41, 5.74) is 16.5. The van der Waals surface area contributed by atoms with Crippen molar-refractivity contribution in [2.75, 3.05) is 19.6 Å². The molecule has 11 aromatic carbocycles. The smallest absolute Gasteiger partial charge is 0.136 e. The number of hydrogen-bond acceptors (Lipinski definition) is 5. The molecular formula is C66H48N4O. The summed E-state index contributed by atoms with van der Waals surface area (Å²) < 4.78 is 6.81. The Morgan fingerprint density at radius 2 is 0.507 bits per heavy atom. The van der Waals surface area contributed by atoms with Crippen molar-refractivity contribution in [1.82, 2.24) is 0 Å². The standard InChI is InChI=1S/C66H48N4O/c1-8-22-49(23-9-1)65-62(70(55-34-20-7-21-35-55)59-42-40-57(41-43-59)68(52-28-14-4-15-29-52)53-30-16-5-17-31-53)45-47-64-66(65)61-48-60(44-46-63(61)71-64)69(54-32-18-6-19-33-54)58-38-36-56(37-39-58)67(50-24-10-2-11-25-50)51-26-12-3-13-27-51/h1-48H. The minimum Gasteiger partial charge on any atom is -0.456 e. The van der Waals surface area contributed by atoms with Gasteiger partial charge < -0.3 is 24.0 Å². The van der Waals surface area contributed by atoms with Crippen LogP contribution in [0.1, 0.15) is 0 Å². The molecule has 0 aliphatic carbocycles. The molecule has 0 aliphatic rings. The van der Waals surface area contributed by atoms with Gasteiger partial charge in [0.1, 0.15) is 11.2 Å². The summed E-state index contributed by atoms with van der Waals surface area (Å²) in [5, 5.41) is 2.08. The van der Waals surface area contributed by atoms with Gasteiger partial charge in [-0.05, 0) is 157 Å². The predicted molar refractivity (Wildman–Crippen MR) is 298 cm³/mol. The molecule has 0 radical (unpaired) electrons. The Bertz CT molecular complexity index is 3590. The molecule has 0 bridgehead atoms. The Morgan fingerprint density at radius 3 is 0.887 bits per heavy atom. The molecule has 12 rings (SSSR count). The van der Waals surface area contributed by atoms with Crippen molar-refractivity contribution in [2.24, 2.45) is 0 Å². The second-order valence-corrected chi connectivity index (χ2v) is 17.4. The van der Waals surface area contributed by atoms with Crippen molar-refractivity contribution < 1.29 is 4.42 Å². The zero-order valence-corrected chi connectivity index (χ0v) is 38.9. The van der Waals surface area contributed by atoms with Gasteiger partial charge in [-0.15, -0.1) is 0 Å². The molecule has 0 fully saturated rings. The van der Waals surface area contributed by atoms with Gasteiger partial charge in [0.25, 0.3) is 0 Å². The second kappa shape index (κ2) is 19.2. The molecule has 0 unspecified atom stereocenters.